The molecule has 0 saturated carbocycles. The molecule has 39 heavy (non-hydrogen) atoms. The number of hydrogen-bond acceptors (Lipinski definition) is 7. The van der Waals surface area contributed by atoms with Crippen LogP contribution in [0.25, 0.3) is 0 Å². The molecule has 0 bridgehead atoms. The first-order valence-corrected chi connectivity index (χ1v) is 12.4. The first kappa shape index (κ1) is 27.4. The topological polar surface area (TPSA) is 114 Å². The van der Waals surface area contributed by atoms with Gasteiger partial charge in [-0.15, -0.1) is 0 Å². The Morgan fingerprint density at radius 3 is 2.10 bits per heavy atom. The van der Waals surface area contributed by atoms with E-state index >= 15 is 0 Å². The number of halogens is 1. The Bertz CT molecular complexity index is 1480. The van der Waals surface area contributed by atoms with Gasteiger partial charge in [-0.25, -0.2) is 9.69 Å². The zero-order chi connectivity index (χ0) is 28.3. The Morgan fingerprint density at radius 1 is 0.872 bits per heavy atom. The molecule has 0 aliphatic carbocycles. The number of hydrogen-bond donors (Lipinski definition) is 2. The lowest BCUT2D eigenvalue weighted by atomic mass is 10.1. The van der Waals surface area contributed by atoms with Crippen LogP contribution in [0.1, 0.15) is 40.1 Å². The largest absolute Gasteiger partial charge is 0.495 e. The van der Waals surface area contributed by atoms with Crippen LogP contribution in [0.15, 0.2) is 77.5 Å². The summed E-state index contributed by atoms with van der Waals surface area (Å²) >= 11 is 6.25. The smallest absolute Gasteiger partial charge is 0.338 e. The Morgan fingerprint density at radius 2 is 1.49 bits per heavy atom. The molecule has 1 aliphatic heterocycles. The molecular weight excluding hydrogens is 522 g/mol. The quantitative estimate of drug-likeness (QED) is 0.292. The summed E-state index contributed by atoms with van der Waals surface area (Å²) in [6.07, 6.45) is -0.232. The number of nitrogens with zero attached hydrogens (tertiary/aromatic N) is 1. The molecule has 200 valence electrons. The van der Waals surface area contributed by atoms with Crippen molar-refractivity contribution >= 4 is 52.4 Å². The van der Waals surface area contributed by atoms with Crippen LogP contribution < -0.4 is 20.3 Å². The van der Waals surface area contributed by atoms with Crippen LogP contribution in [0, 0.1) is 6.92 Å². The summed E-state index contributed by atoms with van der Waals surface area (Å²) in [5.74, 6) is -1.76. The average molecular weight is 548 g/mol. The minimum absolute atomic E-state index is 0.0847. The summed E-state index contributed by atoms with van der Waals surface area (Å²) < 4.78 is 10.5. The van der Waals surface area contributed by atoms with Crippen LogP contribution in [0.4, 0.5) is 17.1 Å². The number of imide groups is 1. The summed E-state index contributed by atoms with van der Waals surface area (Å²) in [5.41, 5.74) is 2.72. The SMILES string of the molecule is COc1ccc(C)cc1N1C(=O)C(Cl)=C(Nc2ccc(C(=O)Nc3ccc(C(=O)OC(C)C)cc3)cc2)C1=O. The van der Waals surface area contributed by atoms with E-state index in [1.165, 1.54) is 7.11 Å². The van der Waals surface area contributed by atoms with Crippen molar-refractivity contribution in [2.75, 3.05) is 22.6 Å². The molecular formula is C29H26ClN3O6. The number of nitrogens with one attached hydrogen (secondary N) is 2. The van der Waals surface area contributed by atoms with Gasteiger partial charge in [0.25, 0.3) is 17.7 Å². The van der Waals surface area contributed by atoms with Gasteiger partial charge in [-0.1, -0.05) is 17.7 Å². The van der Waals surface area contributed by atoms with Crippen molar-refractivity contribution < 1.29 is 28.7 Å². The highest BCUT2D eigenvalue weighted by Gasteiger charge is 2.40. The lowest BCUT2D eigenvalue weighted by molar-refractivity contribution is -0.120. The second-order valence-corrected chi connectivity index (χ2v) is 9.38. The van der Waals surface area contributed by atoms with E-state index in [0.717, 1.165) is 10.5 Å². The molecule has 0 atom stereocenters. The molecule has 0 aromatic heterocycles. The number of amides is 3. The van der Waals surface area contributed by atoms with E-state index in [0.29, 0.717) is 33.9 Å². The first-order chi connectivity index (χ1) is 18.6. The maximum atomic E-state index is 13.2. The van der Waals surface area contributed by atoms with Gasteiger partial charge in [-0.2, -0.15) is 0 Å². The molecule has 0 radical (unpaired) electrons. The van der Waals surface area contributed by atoms with Gasteiger partial charge < -0.3 is 20.1 Å². The highest BCUT2D eigenvalue weighted by Crippen LogP contribution is 2.36. The fourth-order valence-corrected chi connectivity index (χ4v) is 4.04. The summed E-state index contributed by atoms with van der Waals surface area (Å²) in [4.78, 5) is 51.7. The summed E-state index contributed by atoms with van der Waals surface area (Å²) in [6, 6.07) is 17.8. The Balaban J connectivity index is 1.44. The van der Waals surface area contributed by atoms with Gasteiger partial charge in [0.2, 0.25) is 0 Å². The lowest BCUT2D eigenvalue weighted by Crippen LogP contribution is -2.32. The third-order valence-electron chi connectivity index (χ3n) is 5.74. The second kappa shape index (κ2) is 11.4. The van der Waals surface area contributed by atoms with E-state index in [1.807, 2.05) is 6.92 Å². The number of anilines is 3. The van der Waals surface area contributed by atoms with Crippen LogP contribution in [-0.4, -0.2) is 36.9 Å². The van der Waals surface area contributed by atoms with Crippen molar-refractivity contribution in [2.24, 2.45) is 0 Å². The van der Waals surface area contributed by atoms with Crippen LogP contribution in [0.5, 0.6) is 5.75 Å². The molecule has 1 heterocycles. The Hall–Kier alpha value is -4.63. The fourth-order valence-electron chi connectivity index (χ4n) is 3.83. The van der Waals surface area contributed by atoms with Crippen molar-refractivity contribution in [1.29, 1.82) is 0 Å². The number of ether oxygens (including phenoxy) is 2. The third kappa shape index (κ3) is 5.94. The number of methoxy groups -OCH3 is 1. The van der Waals surface area contributed by atoms with Gasteiger partial charge in [-0.3, -0.25) is 14.4 Å². The third-order valence-corrected chi connectivity index (χ3v) is 6.09. The molecule has 0 spiro atoms. The van der Waals surface area contributed by atoms with Crippen molar-refractivity contribution in [3.8, 4) is 5.75 Å². The van der Waals surface area contributed by atoms with Crippen molar-refractivity contribution in [2.45, 2.75) is 26.9 Å². The number of aryl methyl sites for hydroxylation is 1. The van der Waals surface area contributed by atoms with Gasteiger partial charge >= 0.3 is 5.97 Å². The average Bonchev–Trinajstić information content (AvgIpc) is 3.11. The Kier molecular flexibility index (Phi) is 8.01. The molecule has 9 nitrogen and oxygen atoms in total. The molecule has 0 saturated heterocycles. The number of esters is 1. The van der Waals surface area contributed by atoms with Gasteiger partial charge in [0.05, 0.1) is 24.5 Å². The van der Waals surface area contributed by atoms with Gasteiger partial charge in [0.15, 0.2) is 0 Å². The van der Waals surface area contributed by atoms with Gasteiger partial charge in [0.1, 0.15) is 16.5 Å². The zero-order valence-corrected chi connectivity index (χ0v) is 22.5. The molecule has 0 fully saturated rings. The van der Waals surface area contributed by atoms with Crippen LogP contribution >= 0.6 is 11.6 Å². The van der Waals surface area contributed by atoms with E-state index in [9.17, 15) is 19.2 Å². The van der Waals surface area contributed by atoms with Crippen molar-refractivity contribution in [3.63, 3.8) is 0 Å². The molecule has 3 aromatic rings. The predicted octanol–water partition coefficient (Wildman–Crippen LogP) is 5.26. The van der Waals surface area contributed by atoms with E-state index in [4.69, 9.17) is 21.1 Å². The maximum absolute atomic E-state index is 13.2. The lowest BCUT2D eigenvalue weighted by Gasteiger charge is -2.18. The zero-order valence-electron chi connectivity index (χ0n) is 21.7. The highest BCUT2D eigenvalue weighted by molar-refractivity contribution is 6.53. The second-order valence-electron chi connectivity index (χ2n) is 9.00. The van der Waals surface area contributed by atoms with Crippen LogP contribution in [0.3, 0.4) is 0 Å². The number of carbonyl (C=O) groups is 4. The molecule has 2 N–H and O–H groups in total. The van der Waals surface area contributed by atoms with Gasteiger partial charge in [0, 0.05) is 16.9 Å². The highest BCUT2D eigenvalue weighted by atomic mass is 35.5. The molecule has 3 aromatic carbocycles. The van der Waals surface area contributed by atoms with Gasteiger partial charge in [-0.05, 0) is 87.0 Å². The van der Waals surface area contributed by atoms with E-state index in [2.05, 4.69) is 10.6 Å². The maximum Gasteiger partial charge on any atom is 0.338 e. The molecule has 4 rings (SSSR count). The monoisotopic (exact) mass is 547 g/mol. The summed E-state index contributed by atoms with van der Waals surface area (Å²) in [6.45, 7) is 5.36. The standard InChI is InChI=1S/C29H26ClN3O6/c1-16(2)39-29(37)19-8-12-21(13-9-19)32-26(34)18-6-10-20(11-7-18)31-25-24(30)27(35)33(28(25)36)22-15-17(3)5-14-23(22)38-4/h5-16,31H,1-4H3,(H,32,34). The van der Waals surface area contributed by atoms with E-state index < -0.39 is 17.8 Å². The molecule has 1 aliphatic rings. The minimum atomic E-state index is -0.674. The van der Waals surface area contributed by atoms with Crippen molar-refractivity contribution in [1.82, 2.24) is 0 Å². The first-order valence-electron chi connectivity index (χ1n) is 12.0. The summed E-state index contributed by atoms with van der Waals surface area (Å²) in [5, 5.41) is 5.39. The van der Waals surface area contributed by atoms with E-state index in [-0.39, 0.29) is 22.7 Å². The Labute approximate surface area is 230 Å². The number of rotatable bonds is 8. The molecule has 10 heteroatoms. The van der Waals surface area contributed by atoms with E-state index in [1.54, 1.807) is 80.6 Å². The fraction of sp³-hybridized carbons (Fsp3) is 0.172. The van der Waals surface area contributed by atoms with Crippen LogP contribution in [0.2, 0.25) is 0 Å². The molecule has 3 amide bonds. The predicted molar refractivity (Wildman–Crippen MR) is 148 cm³/mol. The number of carbonyl (C=O) groups excluding carboxylic acids is 4. The van der Waals surface area contributed by atoms with Crippen molar-refractivity contribution in [3.05, 3.63) is 94.1 Å². The van der Waals surface area contributed by atoms with Crippen LogP contribution in [-0.2, 0) is 14.3 Å². The summed E-state index contributed by atoms with van der Waals surface area (Å²) in [7, 11) is 1.45. The minimum Gasteiger partial charge on any atom is -0.495 e. The normalized spacial score (nSPS) is 13.1. The number of benzene rings is 3. The molecule has 0 unspecified atom stereocenters.